The topological polar surface area (TPSA) is 87.5 Å². The minimum absolute atomic E-state index is 0.0312. The van der Waals surface area contributed by atoms with E-state index in [4.69, 9.17) is 5.73 Å². The van der Waals surface area contributed by atoms with Gasteiger partial charge >= 0.3 is 0 Å². The number of nitrogens with one attached hydrogen (secondary N) is 2. The van der Waals surface area contributed by atoms with E-state index in [-0.39, 0.29) is 17.2 Å². The quantitative estimate of drug-likeness (QED) is 0.616. The summed E-state index contributed by atoms with van der Waals surface area (Å²) < 4.78 is 0. The van der Waals surface area contributed by atoms with Crippen LogP contribution in [-0.2, 0) is 11.3 Å². The second-order valence-electron chi connectivity index (χ2n) is 7.98. The zero-order valence-electron chi connectivity index (χ0n) is 16.7. The van der Waals surface area contributed by atoms with Crippen LogP contribution in [0.1, 0.15) is 54.4 Å². The van der Waals surface area contributed by atoms with Crippen LogP contribution in [0.4, 0.5) is 0 Å². The Balaban J connectivity index is 1.84. The standard InChI is InChI=1S/C21H34N4O2/c1-25(2)12-11-23-20(27)18-8-6-7-17(13-18)15-24-19(26)14-21(16-22)9-4-3-5-10-21/h6-8,13H,3-5,9-12,14-16,22H2,1-2H3,(H,23,27)(H,24,26). The first kappa shape index (κ1) is 21.4. The summed E-state index contributed by atoms with van der Waals surface area (Å²) in [6.07, 6.45) is 6.14. The van der Waals surface area contributed by atoms with Gasteiger partial charge in [-0.1, -0.05) is 31.4 Å². The van der Waals surface area contributed by atoms with Crippen LogP contribution < -0.4 is 16.4 Å². The lowest BCUT2D eigenvalue weighted by atomic mass is 9.71. The van der Waals surface area contributed by atoms with Gasteiger partial charge in [0.2, 0.25) is 5.91 Å². The largest absolute Gasteiger partial charge is 0.352 e. The minimum atomic E-state index is -0.0886. The summed E-state index contributed by atoms with van der Waals surface area (Å²) >= 11 is 0. The number of carbonyl (C=O) groups excluding carboxylic acids is 2. The van der Waals surface area contributed by atoms with E-state index >= 15 is 0 Å². The van der Waals surface area contributed by atoms with Crippen molar-refractivity contribution in [3.8, 4) is 0 Å². The van der Waals surface area contributed by atoms with Gasteiger partial charge in [0.1, 0.15) is 0 Å². The van der Waals surface area contributed by atoms with Gasteiger partial charge in [-0.15, -0.1) is 0 Å². The van der Waals surface area contributed by atoms with Gasteiger partial charge in [-0.25, -0.2) is 0 Å². The van der Waals surface area contributed by atoms with Gasteiger partial charge in [-0.05, 0) is 56.6 Å². The average molecular weight is 375 g/mol. The van der Waals surface area contributed by atoms with Gasteiger partial charge in [-0.2, -0.15) is 0 Å². The lowest BCUT2D eigenvalue weighted by molar-refractivity contribution is -0.124. The second kappa shape index (κ2) is 10.4. The van der Waals surface area contributed by atoms with Crippen molar-refractivity contribution in [3.05, 3.63) is 35.4 Å². The molecule has 150 valence electrons. The molecule has 1 saturated carbocycles. The maximum absolute atomic E-state index is 12.4. The van der Waals surface area contributed by atoms with Crippen LogP contribution in [0.3, 0.4) is 0 Å². The third kappa shape index (κ3) is 6.96. The van der Waals surface area contributed by atoms with Gasteiger partial charge in [0, 0.05) is 31.6 Å². The molecule has 0 heterocycles. The number of hydrogen-bond donors (Lipinski definition) is 3. The molecule has 0 radical (unpaired) electrons. The van der Waals surface area contributed by atoms with Crippen LogP contribution in [-0.4, -0.2) is 50.4 Å². The van der Waals surface area contributed by atoms with Crippen molar-refractivity contribution in [1.82, 2.24) is 15.5 Å². The minimum Gasteiger partial charge on any atom is -0.352 e. The van der Waals surface area contributed by atoms with E-state index in [9.17, 15) is 9.59 Å². The van der Waals surface area contributed by atoms with Gasteiger partial charge in [0.25, 0.3) is 5.91 Å². The highest BCUT2D eigenvalue weighted by atomic mass is 16.2. The zero-order chi connectivity index (χ0) is 19.7. The van der Waals surface area contributed by atoms with Crippen LogP contribution in [0.15, 0.2) is 24.3 Å². The Bertz CT molecular complexity index is 624. The summed E-state index contributed by atoms with van der Waals surface area (Å²) in [6, 6.07) is 7.41. The van der Waals surface area contributed by atoms with E-state index in [1.807, 2.05) is 37.2 Å². The molecule has 6 heteroatoms. The smallest absolute Gasteiger partial charge is 0.251 e. The molecule has 4 N–H and O–H groups in total. The van der Waals surface area contributed by atoms with Crippen LogP contribution in [0.2, 0.25) is 0 Å². The van der Waals surface area contributed by atoms with Crippen molar-refractivity contribution in [1.29, 1.82) is 0 Å². The number of carbonyl (C=O) groups is 2. The summed E-state index contributed by atoms with van der Waals surface area (Å²) in [5.41, 5.74) is 7.49. The molecular weight excluding hydrogens is 340 g/mol. The number of amides is 2. The fraction of sp³-hybridized carbons (Fsp3) is 0.619. The van der Waals surface area contributed by atoms with Crippen LogP contribution >= 0.6 is 0 Å². The zero-order valence-corrected chi connectivity index (χ0v) is 16.7. The lowest BCUT2D eigenvalue weighted by Crippen LogP contribution is -2.38. The molecule has 1 aliphatic carbocycles. The maximum Gasteiger partial charge on any atom is 0.251 e. The fourth-order valence-electron chi connectivity index (χ4n) is 3.68. The molecule has 0 bridgehead atoms. The van der Waals surface area contributed by atoms with Gasteiger partial charge < -0.3 is 21.3 Å². The lowest BCUT2D eigenvalue weighted by Gasteiger charge is -2.35. The predicted molar refractivity (Wildman–Crippen MR) is 108 cm³/mol. The molecule has 0 saturated heterocycles. The highest BCUT2D eigenvalue weighted by Crippen LogP contribution is 2.38. The van der Waals surface area contributed by atoms with Crippen molar-refractivity contribution in [2.75, 3.05) is 33.7 Å². The number of hydrogen-bond acceptors (Lipinski definition) is 4. The Labute approximate surface area is 162 Å². The summed E-state index contributed by atoms with van der Waals surface area (Å²) in [5.74, 6) is -0.0440. The van der Waals surface area contributed by atoms with Crippen LogP contribution in [0.25, 0.3) is 0 Å². The van der Waals surface area contributed by atoms with Gasteiger partial charge in [-0.3, -0.25) is 9.59 Å². The fourth-order valence-corrected chi connectivity index (χ4v) is 3.68. The van der Waals surface area contributed by atoms with Crippen LogP contribution in [0, 0.1) is 5.41 Å². The Hall–Kier alpha value is -1.92. The number of rotatable bonds is 9. The predicted octanol–water partition coefficient (Wildman–Crippen LogP) is 1.89. The van der Waals surface area contributed by atoms with E-state index in [1.165, 1.54) is 6.42 Å². The van der Waals surface area contributed by atoms with Crippen molar-refractivity contribution >= 4 is 11.8 Å². The Kier molecular flexibility index (Phi) is 8.25. The first-order valence-electron chi connectivity index (χ1n) is 9.93. The average Bonchev–Trinajstić information content (AvgIpc) is 2.67. The van der Waals surface area contributed by atoms with Crippen LogP contribution in [0.5, 0.6) is 0 Å². The molecule has 1 aliphatic rings. The molecule has 1 fully saturated rings. The van der Waals surface area contributed by atoms with E-state index in [0.29, 0.717) is 31.6 Å². The Morgan fingerprint density at radius 2 is 1.89 bits per heavy atom. The molecule has 2 rings (SSSR count). The molecule has 0 spiro atoms. The monoisotopic (exact) mass is 374 g/mol. The molecular formula is C21H34N4O2. The maximum atomic E-state index is 12.4. The number of nitrogens with zero attached hydrogens (tertiary/aromatic N) is 1. The summed E-state index contributed by atoms with van der Waals surface area (Å²) in [5, 5.41) is 5.90. The molecule has 2 amide bonds. The Morgan fingerprint density at radius 1 is 1.15 bits per heavy atom. The van der Waals surface area contributed by atoms with Gasteiger partial charge in [0.05, 0.1) is 0 Å². The van der Waals surface area contributed by atoms with E-state index in [1.54, 1.807) is 6.07 Å². The highest BCUT2D eigenvalue weighted by Gasteiger charge is 2.32. The highest BCUT2D eigenvalue weighted by molar-refractivity contribution is 5.94. The van der Waals surface area contributed by atoms with E-state index < -0.39 is 0 Å². The number of benzene rings is 1. The Morgan fingerprint density at radius 3 is 2.56 bits per heavy atom. The summed E-state index contributed by atoms with van der Waals surface area (Å²) in [6.45, 7) is 2.40. The van der Waals surface area contributed by atoms with Crippen molar-refractivity contribution < 1.29 is 9.59 Å². The normalized spacial score (nSPS) is 16.1. The third-order valence-electron chi connectivity index (χ3n) is 5.41. The molecule has 0 aliphatic heterocycles. The van der Waals surface area contributed by atoms with Crippen molar-refractivity contribution in [2.24, 2.45) is 11.1 Å². The van der Waals surface area contributed by atoms with E-state index in [0.717, 1.165) is 37.8 Å². The molecule has 1 aromatic rings. The van der Waals surface area contributed by atoms with Crippen molar-refractivity contribution in [3.63, 3.8) is 0 Å². The number of likely N-dealkylation sites (N-methyl/N-ethyl adjacent to an activating group) is 1. The molecule has 0 unspecified atom stereocenters. The number of nitrogens with two attached hydrogens (primary N) is 1. The molecule has 0 atom stereocenters. The van der Waals surface area contributed by atoms with Gasteiger partial charge in [0.15, 0.2) is 0 Å². The van der Waals surface area contributed by atoms with E-state index in [2.05, 4.69) is 10.6 Å². The summed E-state index contributed by atoms with van der Waals surface area (Å²) in [7, 11) is 3.94. The molecule has 1 aromatic carbocycles. The molecule has 0 aromatic heterocycles. The molecule has 27 heavy (non-hydrogen) atoms. The SMILES string of the molecule is CN(C)CCNC(=O)c1cccc(CNC(=O)CC2(CN)CCCCC2)c1. The van der Waals surface area contributed by atoms with Crippen molar-refractivity contribution in [2.45, 2.75) is 45.1 Å². The first-order chi connectivity index (χ1) is 12.9. The second-order valence-corrected chi connectivity index (χ2v) is 7.98. The third-order valence-corrected chi connectivity index (χ3v) is 5.41. The first-order valence-corrected chi connectivity index (χ1v) is 9.93. The summed E-state index contributed by atoms with van der Waals surface area (Å²) in [4.78, 5) is 26.7. The molecule has 6 nitrogen and oxygen atoms in total.